The topological polar surface area (TPSA) is 65.4 Å². The molecule has 1 amide bonds. The molecule has 0 radical (unpaired) electrons. The van der Waals surface area contributed by atoms with Crippen molar-refractivity contribution in [3.63, 3.8) is 0 Å². The molecule has 2 aromatic rings. The van der Waals surface area contributed by atoms with Gasteiger partial charge in [-0.05, 0) is 29.1 Å². The predicted molar refractivity (Wildman–Crippen MR) is 98.9 cm³/mol. The van der Waals surface area contributed by atoms with Gasteiger partial charge in [-0.2, -0.15) is 5.26 Å². The van der Waals surface area contributed by atoms with Gasteiger partial charge in [-0.3, -0.25) is 9.69 Å². The number of carbonyl (C=O) groups is 1. The average molecular weight is 376 g/mol. The van der Waals surface area contributed by atoms with Gasteiger partial charge in [0.2, 0.25) is 5.91 Å². The van der Waals surface area contributed by atoms with Gasteiger partial charge in [0.05, 0.1) is 18.3 Å². The Morgan fingerprint density at radius 3 is 2.96 bits per heavy atom. The smallest absolute Gasteiger partial charge is 0.226 e. The molecule has 0 saturated carbocycles. The van der Waals surface area contributed by atoms with Crippen LogP contribution in [0, 0.1) is 11.3 Å². The minimum Gasteiger partial charge on any atom is -0.371 e. The van der Waals surface area contributed by atoms with Gasteiger partial charge in [0, 0.05) is 31.1 Å². The molecule has 1 aromatic carbocycles. The largest absolute Gasteiger partial charge is 0.371 e. The zero-order chi connectivity index (χ0) is 17.6. The van der Waals surface area contributed by atoms with Crippen LogP contribution < -0.4 is 5.32 Å². The molecule has 0 unspecified atom stereocenters. The highest BCUT2D eigenvalue weighted by Gasteiger charge is 2.22. The number of ether oxygens (including phenoxy) is 1. The van der Waals surface area contributed by atoms with Gasteiger partial charge in [0.15, 0.2) is 0 Å². The van der Waals surface area contributed by atoms with Gasteiger partial charge in [0.1, 0.15) is 11.1 Å². The molecule has 0 bridgehead atoms. The summed E-state index contributed by atoms with van der Waals surface area (Å²) in [5, 5.41) is 14.9. The van der Waals surface area contributed by atoms with Crippen LogP contribution in [0.3, 0.4) is 0 Å². The van der Waals surface area contributed by atoms with Gasteiger partial charge in [-0.25, -0.2) is 0 Å². The third-order valence-corrected chi connectivity index (χ3v) is 5.17. The molecule has 25 heavy (non-hydrogen) atoms. The Bertz CT molecular complexity index is 769. The number of halogens is 1. The summed E-state index contributed by atoms with van der Waals surface area (Å²) in [6.07, 6.45) is 0.382. The molecule has 5 nitrogen and oxygen atoms in total. The van der Waals surface area contributed by atoms with Crippen molar-refractivity contribution in [2.75, 3.05) is 31.6 Å². The summed E-state index contributed by atoms with van der Waals surface area (Å²) in [5.41, 5.74) is 1.60. The third kappa shape index (κ3) is 4.80. The van der Waals surface area contributed by atoms with Crippen molar-refractivity contribution in [3.05, 3.63) is 51.9 Å². The molecule has 1 atom stereocenters. The number of morpholine rings is 1. The third-order valence-electron chi connectivity index (χ3n) is 4.09. The first-order valence-corrected chi connectivity index (χ1v) is 9.28. The highest BCUT2D eigenvalue weighted by Crippen LogP contribution is 2.24. The molecule has 130 valence electrons. The number of nitriles is 1. The van der Waals surface area contributed by atoms with Crippen molar-refractivity contribution >= 4 is 33.8 Å². The lowest BCUT2D eigenvalue weighted by Gasteiger charge is -2.33. The van der Waals surface area contributed by atoms with Gasteiger partial charge in [-0.1, -0.05) is 23.7 Å². The number of hydrogen-bond acceptors (Lipinski definition) is 5. The fourth-order valence-electron chi connectivity index (χ4n) is 2.73. The van der Waals surface area contributed by atoms with Crippen LogP contribution in [-0.2, 0) is 9.53 Å². The number of rotatable bonds is 5. The normalized spacial score (nSPS) is 17.8. The first-order valence-electron chi connectivity index (χ1n) is 8.02. The summed E-state index contributed by atoms with van der Waals surface area (Å²) in [6.45, 7) is 2.85. The molecule has 7 heteroatoms. The predicted octanol–water partition coefficient (Wildman–Crippen LogP) is 3.68. The average Bonchev–Trinajstić information content (AvgIpc) is 3.08. The molecule has 1 N–H and O–H groups in total. The zero-order valence-corrected chi connectivity index (χ0v) is 15.1. The van der Waals surface area contributed by atoms with Gasteiger partial charge >= 0.3 is 0 Å². The van der Waals surface area contributed by atoms with Crippen molar-refractivity contribution in [2.24, 2.45) is 0 Å². The zero-order valence-electron chi connectivity index (χ0n) is 13.6. The molecule has 1 saturated heterocycles. The SMILES string of the molecule is N#Cc1ccsc1NC(=O)CCN1CCO[C@@H](c2ccc(Cl)cc2)C1. The van der Waals surface area contributed by atoms with Crippen molar-refractivity contribution in [1.82, 2.24) is 4.90 Å². The minimum absolute atomic E-state index is 0.00318. The van der Waals surface area contributed by atoms with Crippen LogP contribution in [0.15, 0.2) is 35.7 Å². The highest BCUT2D eigenvalue weighted by molar-refractivity contribution is 7.14. The number of benzene rings is 1. The number of anilines is 1. The van der Waals surface area contributed by atoms with Crippen LogP contribution in [-0.4, -0.2) is 37.0 Å². The Hall–Kier alpha value is -1.91. The molecule has 1 aromatic heterocycles. The lowest BCUT2D eigenvalue weighted by Crippen LogP contribution is -2.39. The van der Waals surface area contributed by atoms with Crippen LogP contribution in [0.5, 0.6) is 0 Å². The summed E-state index contributed by atoms with van der Waals surface area (Å²) in [7, 11) is 0. The number of nitrogens with one attached hydrogen (secondary N) is 1. The van der Waals surface area contributed by atoms with E-state index in [4.69, 9.17) is 21.6 Å². The summed E-state index contributed by atoms with van der Waals surface area (Å²) < 4.78 is 5.84. The summed E-state index contributed by atoms with van der Waals surface area (Å²) >= 11 is 7.29. The Morgan fingerprint density at radius 2 is 2.20 bits per heavy atom. The maximum atomic E-state index is 12.1. The Balaban J connectivity index is 1.50. The second kappa shape index (κ2) is 8.45. The van der Waals surface area contributed by atoms with Crippen LogP contribution in [0.4, 0.5) is 5.00 Å². The van der Waals surface area contributed by atoms with Crippen molar-refractivity contribution in [2.45, 2.75) is 12.5 Å². The maximum absolute atomic E-state index is 12.1. The fraction of sp³-hybridized carbons (Fsp3) is 0.333. The van der Waals surface area contributed by atoms with Gasteiger partial charge < -0.3 is 10.1 Å². The van der Waals surface area contributed by atoms with E-state index in [0.717, 1.165) is 18.7 Å². The second-order valence-corrected chi connectivity index (χ2v) is 7.14. The molecule has 1 fully saturated rings. The van der Waals surface area contributed by atoms with Crippen LogP contribution >= 0.6 is 22.9 Å². The Morgan fingerprint density at radius 1 is 1.40 bits per heavy atom. The van der Waals surface area contributed by atoms with Crippen molar-refractivity contribution < 1.29 is 9.53 Å². The number of amides is 1. The van der Waals surface area contributed by atoms with E-state index in [1.165, 1.54) is 11.3 Å². The number of thiophene rings is 1. The standard InChI is InChI=1S/C18H18ClN3O2S/c19-15-3-1-13(2-4-15)16-12-22(8-9-24-16)7-5-17(23)21-18-14(11-20)6-10-25-18/h1-4,6,10,16H,5,7-9,12H2,(H,21,23)/t16-/m1/s1. The highest BCUT2D eigenvalue weighted by atomic mass is 35.5. The van der Waals surface area contributed by atoms with Gasteiger partial charge in [-0.15, -0.1) is 11.3 Å². The minimum atomic E-state index is -0.0755. The van der Waals surface area contributed by atoms with Gasteiger partial charge in [0.25, 0.3) is 0 Å². The Kier molecular flexibility index (Phi) is 6.05. The Labute approximate surface area is 155 Å². The summed E-state index contributed by atoms with van der Waals surface area (Å²) in [5.74, 6) is -0.0755. The van der Waals surface area contributed by atoms with E-state index in [2.05, 4.69) is 16.3 Å². The molecule has 0 aliphatic carbocycles. The van der Waals surface area contributed by atoms with E-state index in [0.29, 0.717) is 35.2 Å². The molecular weight excluding hydrogens is 358 g/mol. The molecule has 0 spiro atoms. The number of hydrogen-bond donors (Lipinski definition) is 1. The quantitative estimate of drug-likeness (QED) is 0.865. The lowest BCUT2D eigenvalue weighted by molar-refractivity contribution is -0.117. The van der Waals surface area contributed by atoms with E-state index in [1.807, 2.05) is 24.3 Å². The first kappa shape index (κ1) is 17.9. The molecule has 1 aliphatic heterocycles. The van der Waals surface area contributed by atoms with Crippen LogP contribution in [0.1, 0.15) is 23.7 Å². The van der Waals surface area contributed by atoms with E-state index < -0.39 is 0 Å². The lowest BCUT2D eigenvalue weighted by atomic mass is 10.1. The summed E-state index contributed by atoms with van der Waals surface area (Å²) in [6, 6.07) is 11.5. The number of carbonyl (C=O) groups excluding carboxylic acids is 1. The second-order valence-electron chi connectivity index (χ2n) is 5.78. The van der Waals surface area contributed by atoms with Crippen molar-refractivity contribution in [3.8, 4) is 6.07 Å². The fourth-order valence-corrected chi connectivity index (χ4v) is 3.61. The van der Waals surface area contributed by atoms with Crippen LogP contribution in [0.25, 0.3) is 0 Å². The van der Waals surface area contributed by atoms with E-state index >= 15 is 0 Å². The van der Waals surface area contributed by atoms with Crippen LogP contribution in [0.2, 0.25) is 5.02 Å². The monoisotopic (exact) mass is 375 g/mol. The molecular formula is C18H18ClN3O2S. The van der Waals surface area contributed by atoms with E-state index in [1.54, 1.807) is 11.4 Å². The molecule has 2 heterocycles. The molecule has 1 aliphatic rings. The first-order chi connectivity index (χ1) is 12.2. The maximum Gasteiger partial charge on any atom is 0.226 e. The number of nitrogens with zero attached hydrogens (tertiary/aromatic N) is 2. The molecule has 3 rings (SSSR count). The summed E-state index contributed by atoms with van der Waals surface area (Å²) in [4.78, 5) is 14.3. The van der Waals surface area contributed by atoms with E-state index in [-0.39, 0.29) is 12.0 Å². The van der Waals surface area contributed by atoms with E-state index in [9.17, 15) is 4.79 Å². The van der Waals surface area contributed by atoms with Crippen molar-refractivity contribution in [1.29, 1.82) is 5.26 Å².